The molecule has 3 heteroatoms. The maximum absolute atomic E-state index is 9.24. The van der Waals surface area contributed by atoms with Crippen LogP contribution in [-0.4, -0.2) is 9.97 Å². The molecule has 0 atom stereocenters. The molecule has 4 rings (SSSR count). The van der Waals surface area contributed by atoms with E-state index in [4.69, 9.17) is 0 Å². The summed E-state index contributed by atoms with van der Waals surface area (Å²) >= 11 is 0. The van der Waals surface area contributed by atoms with Crippen molar-refractivity contribution >= 4 is 0 Å². The van der Waals surface area contributed by atoms with E-state index in [-0.39, 0.29) is 5.41 Å². The molecule has 20 heavy (non-hydrogen) atoms. The number of nitriles is 1. The molecule has 100 valence electrons. The van der Waals surface area contributed by atoms with E-state index in [9.17, 15) is 5.26 Å². The second-order valence-corrected chi connectivity index (χ2v) is 6.03. The molecule has 2 aliphatic carbocycles. The predicted molar refractivity (Wildman–Crippen MR) is 77.2 cm³/mol. The molecular weight excluding hydrogens is 246 g/mol. The molecule has 0 saturated heterocycles. The summed E-state index contributed by atoms with van der Waals surface area (Å²) in [7, 11) is 0. The molecule has 0 spiro atoms. The zero-order chi connectivity index (χ0) is 13.6. The van der Waals surface area contributed by atoms with Gasteiger partial charge in [-0.3, -0.25) is 0 Å². The lowest BCUT2D eigenvalue weighted by atomic mass is 9.90. The van der Waals surface area contributed by atoms with Crippen molar-refractivity contribution in [2.24, 2.45) is 0 Å². The van der Waals surface area contributed by atoms with E-state index < -0.39 is 0 Å². The Morgan fingerprint density at radius 2 is 1.95 bits per heavy atom. The van der Waals surface area contributed by atoms with Crippen LogP contribution in [0, 0.1) is 11.3 Å². The molecule has 0 bridgehead atoms. The fraction of sp³-hybridized carbons (Fsp3) is 0.412. The molecule has 1 heterocycles. The van der Waals surface area contributed by atoms with Crippen LogP contribution in [0.3, 0.4) is 0 Å². The SMILES string of the molecule is N#CC1(c2ncc(-c3ccc4c(c3)CCCC4)[nH]2)CC1. The van der Waals surface area contributed by atoms with Crippen LogP contribution in [0.15, 0.2) is 24.4 Å². The Morgan fingerprint density at radius 1 is 1.15 bits per heavy atom. The molecule has 1 fully saturated rings. The van der Waals surface area contributed by atoms with Crippen LogP contribution >= 0.6 is 0 Å². The largest absolute Gasteiger partial charge is 0.341 e. The van der Waals surface area contributed by atoms with Gasteiger partial charge >= 0.3 is 0 Å². The Morgan fingerprint density at radius 3 is 2.70 bits per heavy atom. The van der Waals surface area contributed by atoms with Gasteiger partial charge in [-0.25, -0.2) is 4.98 Å². The van der Waals surface area contributed by atoms with Crippen molar-refractivity contribution in [3.05, 3.63) is 41.3 Å². The molecule has 0 radical (unpaired) electrons. The first-order valence-corrected chi connectivity index (χ1v) is 7.40. The Balaban J connectivity index is 1.70. The number of aromatic nitrogens is 2. The fourth-order valence-electron chi connectivity index (χ4n) is 3.14. The number of nitrogens with one attached hydrogen (secondary N) is 1. The second-order valence-electron chi connectivity index (χ2n) is 6.03. The number of H-pyrrole nitrogens is 1. The van der Waals surface area contributed by atoms with Crippen LogP contribution in [0.25, 0.3) is 11.3 Å². The summed E-state index contributed by atoms with van der Waals surface area (Å²) < 4.78 is 0. The number of aromatic amines is 1. The highest BCUT2D eigenvalue weighted by Gasteiger charge is 2.47. The van der Waals surface area contributed by atoms with Crippen LogP contribution in [0.4, 0.5) is 0 Å². The van der Waals surface area contributed by atoms with Crippen LogP contribution in [-0.2, 0) is 18.3 Å². The van der Waals surface area contributed by atoms with Crippen molar-refractivity contribution in [2.45, 2.75) is 43.9 Å². The summed E-state index contributed by atoms with van der Waals surface area (Å²) in [6, 6.07) is 9.10. The molecule has 1 aromatic heterocycles. The molecule has 0 aliphatic heterocycles. The molecule has 2 aliphatic rings. The van der Waals surface area contributed by atoms with Crippen molar-refractivity contribution < 1.29 is 0 Å². The number of nitrogens with zero attached hydrogens (tertiary/aromatic N) is 2. The van der Waals surface area contributed by atoms with E-state index in [1.54, 1.807) is 0 Å². The van der Waals surface area contributed by atoms with E-state index in [1.165, 1.54) is 42.4 Å². The van der Waals surface area contributed by atoms with Crippen molar-refractivity contribution in [2.75, 3.05) is 0 Å². The average molecular weight is 263 g/mol. The van der Waals surface area contributed by atoms with Crippen LogP contribution in [0.5, 0.6) is 0 Å². The van der Waals surface area contributed by atoms with Crippen molar-refractivity contribution in [1.82, 2.24) is 9.97 Å². The second kappa shape index (κ2) is 4.21. The third kappa shape index (κ3) is 1.76. The third-order valence-electron chi connectivity index (χ3n) is 4.65. The van der Waals surface area contributed by atoms with Gasteiger partial charge in [-0.1, -0.05) is 12.1 Å². The molecule has 1 N–H and O–H groups in total. The fourth-order valence-corrected chi connectivity index (χ4v) is 3.14. The first kappa shape index (κ1) is 11.7. The van der Waals surface area contributed by atoms with Crippen LogP contribution in [0.1, 0.15) is 42.6 Å². The average Bonchev–Trinajstić information content (AvgIpc) is 3.15. The zero-order valence-electron chi connectivity index (χ0n) is 11.4. The van der Waals surface area contributed by atoms with Gasteiger partial charge in [0.15, 0.2) is 0 Å². The zero-order valence-corrected chi connectivity index (χ0v) is 11.4. The van der Waals surface area contributed by atoms with Crippen LogP contribution in [0.2, 0.25) is 0 Å². The van der Waals surface area contributed by atoms with Gasteiger partial charge in [-0.2, -0.15) is 5.26 Å². The first-order chi connectivity index (χ1) is 9.81. The molecule has 1 saturated carbocycles. The maximum Gasteiger partial charge on any atom is 0.127 e. The van der Waals surface area contributed by atoms with Gasteiger partial charge < -0.3 is 4.98 Å². The summed E-state index contributed by atoms with van der Waals surface area (Å²) in [5.74, 6) is 0.840. The number of hydrogen-bond donors (Lipinski definition) is 1. The normalized spacial score (nSPS) is 19.1. The maximum atomic E-state index is 9.24. The molecule has 2 aromatic rings. The van der Waals surface area contributed by atoms with Gasteiger partial charge in [0.25, 0.3) is 0 Å². The van der Waals surface area contributed by atoms with Gasteiger partial charge in [0.05, 0.1) is 18.0 Å². The standard InChI is InChI=1S/C17H17N3/c18-11-17(7-8-17)16-19-10-15(20-16)14-6-5-12-3-1-2-4-13(12)9-14/h5-6,9-10H,1-4,7-8H2,(H,19,20). The van der Waals surface area contributed by atoms with Gasteiger partial charge in [-0.15, -0.1) is 0 Å². The quantitative estimate of drug-likeness (QED) is 0.901. The Kier molecular flexibility index (Phi) is 2.47. The molecule has 0 unspecified atom stereocenters. The van der Waals surface area contributed by atoms with Crippen molar-refractivity contribution in [1.29, 1.82) is 5.26 Å². The van der Waals surface area contributed by atoms with Gasteiger partial charge in [0, 0.05) is 0 Å². The minimum Gasteiger partial charge on any atom is -0.341 e. The minimum atomic E-state index is -0.327. The first-order valence-electron chi connectivity index (χ1n) is 7.40. The summed E-state index contributed by atoms with van der Waals surface area (Å²) in [6.45, 7) is 0. The third-order valence-corrected chi connectivity index (χ3v) is 4.65. The number of aryl methyl sites for hydroxylation is 2. The summed E-state index contributed by atoms with van der Waals surface area (Å²) in [6.07, 6.45) is 8.74. The van der Waals surface area contributed by atoms with E-state index in [1.807, 2.05) is 6.20 Å². The van der Waals surface area contributed by atoms with Gasteiger partial charge in [0.2, 0.25) is 0 Å². The molecular formula is C17H17N3. The number of rotatable bonds is 2. The highest BCUT2D eigenvalue weighted by Crippen LogP contribution is 2.46. The molecule has 1 aromatic carbocycles. The Hall–Kier alpha value is -2.08. The lowest BCUT2D eigenvalue weighted by Crippen LogP contribution is -2.05. The van der Waals surface area contributed by atoms with E-state index in [2.05, 4.69) is 34.2 Å². The molecule has 0 amide bonds. The van der Waals surface area contributed by atoms with E-state index in [0.717, 1.165) is 24.4 Å². The number of hydrogen-bond acceptors (Lipinski definition) is 2. The number of fused-ring (bicyclic) bond motifs is 1. The van der Waals surface area contributed by atoms with Gasteiger partial charge in [0.1, 0.15) is 11.2 Å². The number of benzene rings is 1. The lowest BCUT2D eigenvalue weighted by molar-refractivity contribution is 0.686. The predicted octanol–water partition coefficient (Wildman–Crippen LogP) is 3.51. The lowest BCUT2D eigenvalue weighted by Gasteiger charge is -2.16. The van der Waals surface area contributed by atoms with E-state index in [0.29, 0.717) is 0 Å². The molecule has 3 nitrogen and oxygen atoms in total. The summed E-state index contributed by atoms with van der Waals surface area (Å²) in [4.78, 5) is 7.79. The monoisotopic (exact) mass is 263 g/mol. The topological polar surface area (TPSA) is 52.5 Å². The minimum absolute atomic E-state index is 0.327. The highest BCUT2D eigenvalue weighted by molar-refractivity contribution is 5.61. The highest BCUT2D eigenvalue weighted by atomic mass is 15.0. The smallest absolute Gasteiger partial charge is 0.127 e. The Bertz CT molecular complexity index is 701. The summed E-state index contributed by atoms with van der Waals surface area (Å²) in [5, 5.41) is 9.24. The van der Waals surface area contributed by atoms with E-state index >= 15 is 0 Å². The van der Waals surface area contributed by atoms with Crippen molar-refractivity contribution in [3.8, 4) is 17.3 Å². The van der Waals surface area contributed by atoms with Crippen molar-refractivity contribution in [3.63, 3.8) is 0 Å². The number of imidazole rings is 1. The Labute approximate surface area is 118 Å². The summed E-state index contributed by atoms with van der Waals surface area (Å²) in [5.41, 5.74) is 4.88. The van der Waals surface area contributed by atoms with Crippen LogP contribution < -0.4 is 0 Å². The van der Waals surface area contributed by atoms with Gasteiger partial charge in [-0.05, 0) is 61.3 Å².